The highest BCUT2D eigenvalue weighted by molar-refractivity contribution is 5.92. The summed E-state index contributed by atoms with van der Waals surface area (Å²) >= 11 is 0. The van der Waals surface area contributed by atoms with Crippen molar-refractivity contribution < 1.29 is 18.7 Å². The number of furan rings is 1. The predicted molar refractivity (Wildman–Crippen MR) is 102 cm³/mol. The van der Waals surface area contributed by atoms with Gasteiger partial charge in [-0.2, -0.15) is 5.26 Å². The van der Waals surface area contributed by atoms with E-state index in [9.17, 15) is 14.9 Å². The molecule has 2 aromatic rings. The van der Waals surface area contributed by atoms with Gasteiger partial charge in [0.05, 0.1) is 24.4 Å². The minimum atomic E-state index is -0.833. The van der Waals surface area contributed by atoms with Gasteiger partial charge in [-0.25, -0.2) is 4.79 Å². The molecule has 1 amide bonds. The summed E-state index contributed by atoms with van der Waals surface area (Å²) in [7, 11) is 0. The molecule has 2 aromatic heterocycles. The summed E-state index contributed by atoms with van der Waals surface area (Å²) in [6, 6.07) is 7.66. The standard InChI is InChI=1S/C21H25N3O4/c1-15-11-18(16(2)24(15)12-17-7-6-10-27-17)20(26)28-13-19(25)23-21(14-22)8-4-3-5-9-21/h6-7,10-11H,3-5,8-9,12-13H2,1-2H3,(H,23,25). The van der Waals surface area contributed by atoms with Crippen LogP contribution in [0.25, 0.3) is 0 Å². The Bertz CT molecular complexity index is 884. The third kappa shape index (κ3) is 4.28. The number of hydrogen-bond donors (Lipinski definition) is 1. The van der Waals surface area contributed by atoms with Crippen molar-refractivity contribution in [1.82, 2.24) is 9.88 Å². The number of carbonyl (C=O) groups excluding carboxylic acids is 2. The number of aromatic nitrogens is 1. The maximum Gasteiger partial charge on any atom is 0.340 e. The average molecular weight is 383 g/mol. The number of carbonyl (C=O) groups is 2. The quantitative estimate of drug-likeness (QED) is 0.772. The minimum Gasteiger partial charge on any atom is -0.467 e. The third-order valence-corrected chi connectivity index (χ3v) is 5.32. The first-order chi connectivity index (χ1) is 13.4. The first-order valence-corrected chi connectivity index (χ1v) is 9.52. The number of ether oxygens (including phenoxy) is 1. The Hall–Kier alpha value is -3.01. The summed E-state index contributed by atoms with van der Waals surface area (Å²) in [4.78, 5) is 24.7. The van der Waals surface area contributed by atoms with Gasteiger partial charge in [-0.15, -0.1) is 0 Å². The molecule has 1 fully saturated rings. The van der Waals surface area contributed by atoms with Crippen molar-refractivity contribution in [3.8, 4) is 6.07 Å². The first-order valence-electron chi connectivity index (χ1n) is 9.52. The fraction of sp³-hybridized carbons (Fsp3) is 0.476. The monoisotopic (exact) mass is 383 g/mol. The first kappa shape index (κ1) is 19.7. The van der Waals surface area contributed by atoms with Crippen LogP contribution in [0.4, 0.5) is 0 Å². The molecular weight excluding hydrogens is 358 g/mol. The number of aryl methyl sites for hydroxylation is 1. The molecule has 1 aliphatic carbocycles. The lowest BCUT2D eigenvalue weighted by Gasteiger charge is -2.31. The lowest BCUT2D eigenvalue weighted by molar-refractivity contribution is -0.125. The Morgan fingerprint density at radius 2 is 2.07 bits per heavy atom. The molecule has 1 aliphatic rings. The van der Waals surface area contributed by atoms with E-state index in [0.29, 0.717) is 24.9 Å². The zero-order valence-electron chi connectivity index (χ0n) is 16.3. The molecule has 0 aromatic carbocycles. The molecule has 0 aliphatic heterocycles. The summed E-state index contributed by atoms with van der Waals surface area (Å²) in [5.74, 6) is -0.208. The van der Waals surface area contributed by atoms with Crippen LogP contribution in [0.3, 0.4) is 0 Å². The van der Waals surface area contributed by atoms with E-state index < -0.39 is 24.0 Å². The highest BCUT2D eigenvalue weighted by Gasteiger charge is 2.33. The second kappa shape index (κ2) is 8.34. The van der Waals surface area contributed by atoms with Crippen molar-refractivity contribution in [2.45, 2.75) is 58.0 Å². The smallest absolute Gasteiger partial charge is 0.340 e. The van der Waals surface area contributed by atoms with Gasteiger partial charge in [0.1, 0.15) is 11.3 Å². The third-order valence-electron chi connectivity index (χ3n) is 5.32. The Morgan fingerprint density at radius 3 is 2.71 bits per heavy atom. The lowest BCUT2D eigenvalue weighted by Crippen LogP contribution is -2.50. The second-order valence-corrected chi connectivity index (χ2v) is 7.33. The van der Waals surface area contributed by atoms with Gasteiger partial charge >= 0.3 is 5.97 Å². The van der Waals surface area contributed by atoms with Crippen LogP contribution in [-0.2, 0) is 16.1 Å². The van der Waals surface area contributed by atoms with E-state index in [2.05, 4.69) is 11.4 Å². The SMILES string of the molecule is Cc1cc(C(=O)OCC(=O)NC2(C#N)CCCCC2)c(C)n1Cc1ccco1. The normalized spacial score (nSPS) is 15.6. The summed E-state index contributed by atoms with van der Waals surface area (Å²) in [6.07, 6.45) is 5.78. The van der Waals surface area contributed by atoms with Gasteiger partial charge in [0.15, 0.2) is 6.61 Å². The molecule has 7 nitrogen and oxygen atoms in total. The Balaban J connectivity index is 1.60. The van der Waals surface area contributed by atoms with Crippen molar-refractivity contribution in [2.75, 3.05) is 6.61 Å². The van der Waals surface area contributed by atoms with Crippen molar-refractivity contribution in [3.05, 3.63) is 47.2 Å². The van der Waals surface area contributed by atoms with E-state index in [1.165, 1.54) is 0 Å². The number of nitrogens with zero attached hydrogens (tertiary/aromatic N) is 2. The van der Waals surface area contributed by atoms with Gasteiger partial charge in [-0.3, -0.25) is 4.79 Å². The van der Waals surface area contributed by atoms with Crippen LogP contribution in [-0.4, -0.2) is 28.6 Å². The summed E-state index contributed by atoms with van der Waals surface area (Å²) in [5, 5.41) is 12.2. The number of nitriles is 1. The van der Waals surface area contributed by atoms with Crippen molar-refractivity contribution >= 4 is 11.9 Å². The highest BCUT2D eigenvalue weighted by Crippen LogP contribution is 2.27. The van der Waals surface area contributed by atoms with Crippen LogP contribution >= 0.6 is 0 Å². The molecule has 1 N–H and O–H groups in total. The molecule has 0 spiro atoms. The van der Waals surface area contributed by atoms with Crippen LogP contribution in [0.1, 0.15) is 59.6 Å². The van der Waals surface area contributed by atoms with Gasteiger partial charge in [-0.1, -0.05) is 19.3 Å². The molecule has 0 atom stereocenters. The largest absolute Gasteiger partial charge is 0.467 e. The topological polar surface area (TPSA) is 97.3 Å². The van der Waals surface area contributed by atoms with Gasteiger partial charge in [-0.05, 0) is 44.9 Å². The fourth-order valence-electron chi connectivity index (χ4n) is 3.74. The zero-order valence-corrected chi connectivity index (χ0v) is 16.3. The summed E-state index contributed by atoms with van der Waals surface area (Å²) in [6.45, 7) is 3.85. The predicted octanol–water partition coefficient (Wildman–Crippen LogP) is 3.25. The fourth-order valence-corrected chi connectivity index (χ4v) is 3.74. The molecule has 7 heteroatoms. The molecule has 0 radical (unpaired) electrons. The van der Waals surface area contributed by atoms with Crippen LogP contribution < -0.4 is 5.32 Å². The number of amides is 1. The van der Waals surface area contributed by atoms with Gasteiger partial charge in [0.25, 0.3) is 5.91 Å². The maximum absolute atomic E-state index is 12.5. The van der Waals surface area contributed by atoms with E-state index in [1.54, 1.807) is 12.3 Å². The number of nitrogens with one attached hydrogen (secondary N) is 1. The molecule has 28 heavy (non-hydrogen) atoms. The zero-order chi connectivity index (χ0) is 20.1. The van der Waals surface area contributed by atoms with Crippen LogP contribution in [0, 0.1) is 25.2 Å². The summed E-state index contributed by atoms with van der Waals surface area (Å²) < 4.78 is 12.5. The number of rotatable bonds is 6. The lowest BCUT2D eigenvalue weighted by atomic mass is 9.83. The molecule has 0 saturated heterocycles. The Kier molecular flexibility index (Phi) is 5.88. The minimum absolute atomic E-state index is 0.399. The average Bonchev–Trinajstić information content (AvgIpc) is 3.30. The van der Waals surface area contributed by atoms with Crippen LogP contribution in [0.15, 0.2) is 28.9 Å². The molecular formula is C21H25N3O4. The van der Waals surface area contributed by atoms with Crippen molar-refractivity contribution in [2.24, 2.45) is 0 Å². The van der Waals surface area contributed by atoms with E-state index in [-0.39, 0.29) is 0 Å². The molecule has 2 heterocycles. The van der Waals surface area contributed by atoms with Gasteiger partial charge in [0.2, 0.25) is 0 Å². The van der Waals surface area contributed by atoms with E-state index >= 15 is 0 Å². The molecule has 148 valence electrons. The number of hydrogen-bond acceptors (Lipinski definition) is 5. The van der Waals surface area contributed by atoms with Crippen LogP contribution in [0.5, 0.6) is 0 Å². The molecule has 0 bridgehead atoms. The van der Waals surface area contributed by atoms with E-state index in [0.717, 1.165) is 36.4 Å². The molecule has 3 rings (SSSR count). The van der Waals surface area contributed by atoms with E-state index in [1.807, 2.05) is 30.5 Å². The van der Waals surface area contributed by atoms with Crippen LogP contribution in [0.2, 0.25) is 0 Å². The van der Waals surface area contributed by atoms with Crippen molar-refractivity contribution in [3.63, 3.8) is 0 Å². The molecule has 0 unspecified atom stereocenters. The van der Waals surface area contributed by atoms with E-state index in [4.69, 9.17) is 9.15 Å². The highest BCUT2D eigenvalue weighted by atomic mass is 16.5. The Labute approximate surface area is 164 Å². The van der Waals surface area contributed by atoms with Gasteiger partial charge < -0.3 is 19.0 Å². The second-order valence-electron chi connectivity index (χ2n) is 7.33. The van der Waals surface area contributed by atoms with Gasteiger partial charge in [0, 0.05) is 11.4 Å². The Morgan fingerprint density at radius 1 is 1.32 bits per heavy atom. The molecule has 1 saturated carbocycles. The maximum atomic E-state index is 12.5. The number of esters is 1. The summed E-state index contributed by atoms with van der Waals surface area (Å²) in [5.41, 5.74) is 1.24. The van der Waals surface area contributed by atoms with Crippen molar-refractivity contribution in [1.29, 1.82) is 5.26 Å².